The van der Waals surface area contributed by atoms with Crippen molar-refractivity contribution >= 4 is 24.8 Å². The van der Waals surface area contributed by atoms with Gasteiger partial charge in [0.1, 0.15) is 0 Å². The van der Waals surface area contributed by atoms with Crippen LogP contribution in [-0.2, 0) is 0 Å². The molecule has 0 unspecified atom stereocenters. The molecule has 0 spiro atoms. The van der Waals surface area contributed by atoms with Gasteiger partial charge in [-0.2, -0.15) is 0 Å². The van der Waals surface area contributed by atoms with Gasteiger partial charge in [-0.25, -0.2) is 0 Å². The van der Waals surface area contributed by atoms with Gasteiger partial charge >= 0.3 is 0 Å². The van der Waals surface area contributed by atoms with Crippen molar-refractivity contribution in [1.82, 2.24) is 10.2 Å². The molecule has 0 saturated carbocycles. The number of piperazine rings is 1. The summed E-state index contributed by atoms with van der Waals surface area (Å²) in [6, 6.07) is 2.82. The maximum Gasteiger partial charge on any atom is 0.200 e. The van der Waals surface area contributed by atoms with Crippen molar-refractivity contribution in [3.63, 3.8) is 0 Å². The van der Waals surface area contributed by atoms with Gasteiger partial charge in [-0.1, -0.05) is 6.08 Å². The zero-order valence-corrected chi connectivity index (χ0v) is 12.6. The van der Waals surface area contributed by atoms with Crippen molar-refractivity contribution in [1.29, 1.82) is 0 Å². The largest absolute Gasteiger partial charge is 0.504 e. The van der Waals surface area contributed by atoms with E-state index in [-0.39, 0.29) is 42.4 Å². The molecule has 1 aromatic rings. The molecule has 20 heavy (non-hydrogen) atoms. The van der Waals surface area contributed by atoms with Crippen molar-refractivity contribution in [2.24, 2.45) is 0 Å². The topological polar surface area (TPSA) is 76.0 Å². The predicted molar refractivity (Wildman–Crippen MR) is 83.3 cm³/mol. The average Bonchev–Trinajstić information content (AvgIpc) is 2.41. The van der Waals surface area contributed by atoms with E-state index in [9.17, 15) is 15.3 Å². The lowest BCUT2D eigenvalue weighted by Crippen LogP contribution is -2.44. The molecule has 0 aromatic heterocycles. The van der Waals surface area contributed by atoms with Gasteiger partial charge in [0.05, 0.1) is 6.04 Å². The summed E-state index contributed by atoms with van der Waals surface area (Å²) in [7, 11) is 0. The number of hydrogen-bond donors (Lipinski definition) is 4. The molecule has 0 amide bonds. The molecule has 0 bridgehead atoms. The van der Waals surface area contributed by atoms with Crippen LogP contribution in [0, 0.1) is 0 Å². The number of halogens is 2. The Kier molecular flexibility index (Phi) is 7.75. The Hall–Kier alpha value is -1.14. The molecule has 1 saturated heterocycles. The Morgan fingerprint density at radius 1 is 1.10 bits per heavy atom. The molecule has 1 atom stereocenters. The van der Waals surface area contributed by atoms with Crippen molar-refractivity contribution < 1.29 is 15.3 Å². The van der Waals surface area contributed by atoms with Gasteiger partial charge in [-0.15, -0.1) is 31.4 Å². The number of benzene rings is 1. The summed E-state index contributed by atoms with van der Waals surface area (Å²) in [5.74, 6) is -1.08. The zero-order chi connectivity index (χ0) is 13.1. The van der Waals surface area contributed by atoms with E-state index in [0.29, 0.717) is 5.56 Å². The van der Waals surface area contributed by atoms with E-state index in [4.69, 9.17) is 0 Å². The fourth-order valence-electron chi connectivity index (χ4n) is 2.26. The maximum atomic E-state index is 9.91. The van der Waals surface area contributed by atoms with Crippen molar-refractivity contribution in [2.45, 2.75) is 6.04 Å². The van der Waals surface area contributed by atoms with Gasteiger partial charge in [0.25, 0.3) is 0 Å². The van der Waals surface area contributed by atoms with Crippen LogP contribution in [0.25, 0.3) is 0 Å². The summed E-state index contributed by atoms with van der Waals surface area (Å²) < 4.78 is 0. The molecular weight excluding hydrogens is 303 g/mol. The van der Waals surface area contributed by atoms with Gasteiger partial charge < -0.3 is 20.6 Å². The van der Waals surface area contributed by atoms with E-state index in [1.54, 1.807) is 12.1 Å². The Bertz CT molecular complexity index is 451. The highest BCUT2D eigenvalue weighted by Crippen LogP contribution is 2.41. The monoisotopic (exact) mass is 322 g/mol. The van der Waals surface area contributed by atoms with Crippen LogP contribution >= 0.6 is 24.8 Å². The standard InChI is InChI=1S/C13H18N2O3.2ClH/c1-2-10(15-7-5-14-6-8-15)9-3-4-11(16)13(18)12(9)17;;/h2-4,10,14,16-18H,1,5-8H2;2*1H/t10-;;/m0../s1. The molecule has 1 fully saturated rings. The number of phenolic OH excluding ortho intramolecular Hbond substituents is 3. The normalized spacial score (nSPS) is 16.6. The van der Waals surface area contributed by atoms with Crippen LogP contribution in [0.1, 0.15) is 11.6 Å². The first-order valence-electron chi connectivity index (χ1n) is 5.96. The Morgan fingerprint density at radius 2 is 1.70 bits per heavy atom. The molecule has 7 heteroatoms. The average molecular weight is 323 g/mol. The smallest absolute Gasteiger partial charge is 0.200 e. The van der Waals surface area contributed by atoms with E-state index in [0.717, 1.165) is 26.2 Å². The molecule has 114 valence electrons. The molecule has 5 nitrogen and oxygen atoms in total. The quantitative estimate of drug-likeness (QED) is 0.504. The maximum absolute atomic E-state index is 9.91. The Morgan fingerprint density at radius 3 is 2.25 bits per heavy atom. The van der Waals surface area contributed by atoms with Crippen LogP contribution in [-0.4, -0.2) is 46.4 Å². The summed E-state index contributed by atoms with van der Waals surface area (Å²) in [6.45, 7) is 7.25. The van der Waals surface area contributed by atoms with Crippen molar-refractivity contribution in [3.8, 4) is 17.2 Å². The van der Waals surface area contributed by atoms with Crippen LogP contribution < -0.4 is 5.32 Å². The highest BCUT2D eigenvalue weighted by molar-refractivity contribution is 5.85. The van der Waals surface area contributed by atoms with Crippen LogP contribution in [0.4, 0.5) is 0 Å². The van der Waals surface area contributed by atoms with Crippen molar-refractivity contribution in [2.75, 3.05) is 26.2 Å². The first-order chi connectivity index (χ1) is 8.65. The number of hydrogen-bond acceptors (Lipinski definition) is 5. The van der Waals surface area contributed by atoms with Crippen LogP contribution in [0.15, 0.2) is 24.8 Å². The Balaban J connectivity index is 0.00000180. The second-order valence-corrected chi connectivity index (χ2v) is 4.34. The third-order valence-electron chi connectivity index (χ3n) is 3.25. The zero-order valence-electron chi connectivity index (χ0n) is 11.0. The first kappa shape index (κ1) is 18.9. The molecule has 4 N–H and O–H groups in total. The SMILES string of the molecule is C=C[C@@H](c1ccc(O)c(O)c1O)N1CCNCC1.Cl.Cl. The summed E-state index contributed by atoms with van der Waals surface area (Å²) in [5, 5.41) is 32.1. The van der Waals surface area contributed by atoms with Crippen LogP contribution in [0.3, 0.4) is 0 Å². The molecular formula is C13H20Cl2N2O3. The summed E-state index contributed by atoms with van der Waals surface area (Å²) >= 11 is 0. The van der Waals surface area contributed by atoms with Crippen molar-refractivity contribution in [3.05, 3.63) is 30.4 Å². The van der Waals surface area contributed by atoms with E-state index < -0.39 is 5.75 Å². The summed E-state index contributed by atoms with van der Waals surface area (Å²) in [4.78, 5) is 2.16. The predicted octanol–water partition coefficient (Wildman–Crippen LogP) is 1.78. The highest BCUT2D eigenvalue weighted by atomic mass is 35.5. The fraction of sp³-hybridized carbons (Fsp3) is 0.385. The number of nitrogens with one attached hydrogen (secondary N) is 1. The minimum Gasteiger partial charge on any atom is -0.504 e. The minimum absolute atomic E-state index is 0. The second kappa shape index (κ2) is 8.21. The lowest BCUT2D eigenvalue weighted by Gasteiger charge is -2.33. The fourth-order valence-corrected chi connectivity index (χ4v) is 2.26. The number of aromatic hydroxyl groups is 3. The third-order valence-corrected chi connectivity index (χ3v) is 3.25. The molecule has 1 aliphatic rings. The van der Waals surface area contributed by atoms with Gasteiger partial charge in [0.15, 0.2) is 11.5 Å². The van der Waals surface area contributed by atoms with Crippen LogP contribution in [0.5, 0.6) is 17.2 Å². The van der Waals surface area contributed by atoms with Gasteiger partial charge in [-0.05, 0) is 12.1 Å². The molecule has 1 aliphatic heterocycles. The lowest BCUT2D eigenvalue weighted by molar-refractivity contribution is 0.200. The molecule has 1 aromatic carbocycles. The van der Waals surface area contributed by atoms with Crippen LogP contribution in [0.2, 0.25) is 0 Å². The molecule has 1 heterocycles. The third kappa shape index (κ3) is 3.70. The highest BCUT2D eigenvalue weighted by Gasteiger charge is 2.24. The minimum atomic E-state index is -0.477. The molecule has 0 radical (unpaired) electrons. The summed E-state index contributed by atoms with van der Waals surface area (Å²) in [5.41, 5.74) is 0.558. The summed E-state index contributed by atoms with van der Waals surface area (Å²) in [6.07, 6.45) is 1.73. The van der Waals surface area contributed by atoms with E-state index >= 15 is 0 Å². The van der Waals surface area contributed by atoms with E-state index in [1.165, 1.54) is 6.07 Å². The van der Waals surface area contributed by atoms with Gasteiger partial charge in [-0.3, -0.25) is 4.90 Å². The molecule has 0 aliphatic carbocycles. The van der Waals surface area contributed by atoms with E-state index in [1.807, 2.05) is 0 Å². The van der Waals surface area contributed by atoms with Gasteiger partial charge in [0.2, 0.25) is 5.75 Å². The number of nitrogens with zero attached hydrogens (tertiary/aromatic N) is 1. The lowest BCUT2D eigenvalue weighted by atomic mass is 10.0. The van der Waals surface area contributed by atoms with E-state index in [2.05, 4.69) is 16.8 Å². The first-order valence-corrected chi connectivity index (χ1v) is 5.96. The Labute approximate surface area is 130 Å². The second-order valence-electron chi connectivity index (χ2n) is 4.34. The number of rotatable bonds is 3. The number of phenols is 3. The van der Waals surface area contributed by atoms with Gasteiger partial charge in [0, 0.05) is 31.7 Å². The molecule has 2 rings (SSSR count).